The lowest BCUT2D eigenvalue weighted by Gasteiger charge is -2.06. The molecule has 0 spiro atoms. The number of hydrogen-bond acceptors (Lipinski definition) is 3. The van der Waals surface area contributed by atoms with Crippen LogP contribution in [0.3, 0.4) is 0 Å². The fraction of sp³-hybridized carbons (Fsp3) is 0.273. The zero-order valence-electron chi connectivity index (χ0n) is 8.77. The number of hydrogen-bond donors (Lipinski definition) is 1. The lowest BCUT2D eigenvalue weighted by Crippen LogP contribution is -2.20. The van der Waals surface area contributed by atoms with Crippen molar-refractivity contribution < 1.29 is 5.11 Å². The Labute approximate surface area is 97.1 Å². The van der Waals surface area contributed by atoms with Crippen molar-refractivity contribution in [2.75, 3.05) is 0 Å². The number of benzene rings is 1. The normalized spacial score (nSPS) is 10.9. The van der Waals surface area contributed by atoms with E-state index >= 15 is 0 Å². The van der Waals surface area contributed by atoms with Gasteiger partial charge in [-0.3, -0.25) is 9.36 Å². The van der Waals surface area contributed by atoms with Crippen LogP contribution in [0.2, 0.25) is 5.02 Å². The molecule has 0 saturated carbocycles. The lowest BCUT2D eigenvalue weighted by molar-refractivity contribution is 0.480. The maximum atomic E-state index is 12.0. The molecular weight excluding hydrogens is 228 g/mol. The van der Waals surface area contributed by atoms with Crippen LogP contribution < -0.4 is 5.56 Å². The zero-order valence-corrected chi connectivity index (χ0v) is 9.53. The summed E-state index contributed by atoms with van der Waals surface area (Å²) in [4.78, 5) is 16.1. The van der Waals surface area contributed by atoms with E-state index in [-0.39, 0.29) is 22.2 Å². The first-order chi connectivity index (χ1) is 7.65. The molecule has 0 unspecified atom stereocenters. The highest BCUT2D eigenvalue weighted by atomic mass is 35.5. The molecule has 2 aromatic rings. The molecule has 1 aromatic carbocycles. The Balaban J connectivity index is 2.83. The van der Waals surface area contributed by atoms with Crippen LogP contribution in [0.5, 0.6) is 5.75 Å². The number of rotatable bonds is 2. The van der Waals surface area contributed by atoms with Crippen LogP contribution in [0.1, 0.15) is 13.3 Å². The van der Waals surface area contributed by atoms with Crippen LogP contribution in [-0.2, 0) is 6.54 Å². The SMILES string of the molecule is CCCn1cnc2c(O)ccc(Cl)c2c1=O. The number of nitrogens with zero attached hydrogens (tertiary/aromatic N) is 2. The Morgan fingerprint density at radius 2 is 2.25 bits per heavy atom. The number of aromatic hydroxyl groups is 1. The largest absolute Gasteiger partial charge is 0.506 e. The predicted molar refractivity (Wildman–Crippen MR) is 63.0 cm³/mol. The van der Waals surface area contributed by atoms with Gasteiger partial charge in [0.05, 0.1) is 16.7 Å². The van der Waals surface area contributed by atoms with Crippen LogP contribution in [0.4, 0.5) is 0 Å². The number of aromatic nitrogens is 2. The third-order valence-corrected chi connectivity index (χ3v) is 2.69. The van der Waals surface area contributed by atoms with Crippen molar-refractivity contribution in [3.8, 4) is 5.75 Å². The van der Waals surface area contributed by atoms with Crippen LogP contribution in [-0.4, -0.2) is 14.7 Å². The second kappa shape index (κ2) is 4.14. The highest BCUT2D eigenvalue weighted by Gasteiger charge is 2.10. The van der Waals surface area contributed by atoms with Gasteiger partial charge in [-0.1, -0.05) is 18.5 Å². The topological polar surface area (TPSA) is 55.1 Å². The first-order valence-electron chi connectivity index (χ1n) is 5.01. The molecule has 2 rings (SSSR count). The van der Waals surface area contributed by atoms with Gasteiger partial charge < -0.3 is 5.11 Å². The van der Waals surface area contributed by atoms with E-state index in [1.165, 1.54) is 23.0 Å². The summed E-state index contributed by atoms with van der Waals surface area (Å²) >= 11 is 5.94. The Morgan fingerprint density at radius 1 is 1.50 bits per heavy atom. The van der Waals surface area contributed by atoms with Crippen LogP contribution >= 0.6 is 11.6 Å². The van der Waals surface area contributed by atoms with Gasteiger partial charge in [0, 0.05) is 6.54 Å². The Bertz CT molecular complexity index is 592. The van der Waals surface area contributed by atoms with E-state index in [9.17, 15) is 9.90 Å². The number of fused-ring (bicyclic) bond motifs is 1. The molecule has 1 N–H and O–H groups in total. The monoisotopic (exact) mass is 238 g/mol. The third kappa shape index (κ3) is 1.65. The van der Waals surface area contributed by atoms with Gasteiger partial charge in [-0.05, 0) is 18.6 Å². The molecule has 0 aliphatic heterocycles. The zero-order chi connectivity index (χ0) is 11.7. The summed E-state index contributed by atoms with van der Waals surface area (Å²) in [6.45, 7) is 2.56. The van der Waals surface area contributed by atoms with E-state index in [4.69, 9.17) is 11.6 Å². The van der Waals surface area contributed by atoms with Crippen LogP contribution in [0, 0.1) is 0 Å². The minimum atomic E-state index is -0.215. The highest BCUT2D eigenvalue weighted by Crippen LogP contribution is 2.25. The van der Waals surface area contributed by atoms with E-state index in [0.29, 0.717) is 11.6 Å². The van der Waals surface area contributed by atoms with Gasteiger partial charge in [0.2, 0.25) is 0 Å². The Morgan fingerprint density at radius 3 is 2.94 bits per heavy atom. The Hall–Kier alpha value is -1.55. The van der Waals surface area contributed by atoms with Crippen molar-refractivity contribution in [1.29, 1.82) is 0 Å². The average Bonchev–Trinajstić information content (AvgIpc) is 2.27. The fourth-order valence-electron chi connectivity index (χ4n) is 1.61. The highest BCUT2D eigenvalue weighted by molar-refractivity contribution is 6.35. The first-order valence-corrected chi connectivity index (χ1v) is 5.39. The lowest BCUT2D eigenvalue weighted by atomic mass is 10.2. The van der Waals surface area contributed by atoms with Crippen LogP contribution in [0.15, 0.2) is 23.3 Å². The molecule has 0 aliphatic carbocycles. The second-order valence-corrected chi connectivity index (χ2v) is 3.94. The van der Waals surface area contributed by atoms with Gasteiger partial charge in [-0.25, -0.2) is 4.98 Å². The van der Waals surface area contributed by atoms with Gasteiger partial charge in [-0.2, -0.15) is 0 Å². The smallest absolute Gasteiger partial charge is 0.262 e. The maximum absolute atomic E-state index is 12.0. The number of phenolic OH excluding ortho intramolecular Hbond substituents is 1. The molecule has 1 heterocycles. The minimum Gasteiger partial charge on any atom is -0.506 e. The van der Waals surface area contributed by atoms with E-state index < -0.39 is 0 Å². The molecular formula is C11H11ClN2O2. The van der Waals surface area contributed by atoms with Crippen LogP contribution in [0.25, 0.3) is 10.9 Å². The number of phenols is 1. The molecule has 0 saturated heterocycles. The molecule has 16 heavy (non-hydrogen) atoms. The van der Waals surface area contributed by atoms with E-state index in [2.05, 4.69) is 4.98 Å². The molecule has 84 valence electrons. The second-order valence-electron chi connectivity index (χ2n) is 3.53. The molecule has 0 aliphatic rings. The molecule has 0 radical (unpaired) electrons. The molecule has 4 nitrogen and oxygen atoms in total. The molecule has 0 amide bonds. The molecule has 0 atom stereocenters. The fourth-order valence-corrected chi connectivity index (χ4v) is 1.85. The van der Waals surface area contributed by atoms with E-state index in [1.54, 1.807) is 0 Å². The molecule has 0 bridgehead atoms. The standard InChI is InChI=1S/C11H11ClN2O2/c1-2-5-14-6-13-10-8(15)4-3-7(12)9(10)11(14)16/h3-4,6,15H,2,5H2,1H3. The number of aryl methyl sites for hydroxylation is 1. The van der Waals surface area contributed by atoms with Crippen molar-refractivity contribution in [2.24, 2.45) is 0 Å². The quantitative estimate of drug-likeness (QED) is 0.872. The van der Waals surface area contributed by atoms with Gasteiger partial charge in [0.25, 0.3) is 5.56 Å². The van der Waals surface area contributed by atoms with Gasteiger partial charge in [0.1, 0.15) is 11.3 Å². The average molecular weight is 239 g/mol. The summed E-state index contributed by atoms with van der Waals surface area (Å²) in [5, 5.41) is 10.2. The van der Waals surface area contributed by atoms with Crippen molar-refractivity contribution in [1.82, 2.24) is 9.55 Å². The summed E-state index contributed by atoms with van der Waals surface area (Å²) in [6, 6.07) is 2.93. The van der Waals surface area contributed by atoms with E-state index in [0.717, 1.165) is 6.42 Å². The Kier molecular flexibility index (Phi) is 2.83. The summed E-state index contributed by atoms with van der Waals surface area (Å²) in [7, 11) is 0. The number of halogens is 1. The summed E-state index contributed by atoms with van der Waals surface area (Å²) in [6.07, 6.45) is 2.27. The minimum absolute atomic E-state index is 0.0276. The summed E-state index contributed by atoms with van der Waals surface area (Å²) < 4.78 is 1.49. The van der Waals surface area contributed by atoms with Gasteiger partial charge in [0.15, 0.2) is 0 Å². The predicted octanol–water partition coefficient (Wildman–Crippen LogP) is 2.17. The van der Waals surface area contributed by atoms with E-state index in [1.807, 2.05) is 6.92 Å². The van der Waals surface area contributed by atoms with Crippen molar-refractivity contribution in [3.05, 3.63) is 33.8 Å². The molecule has 1 aromatic heterocycles. The van der Waals surface area contributed by atoms with Crippen molar-refractivity contribution in [2.45, 2.75) is 19.9 Å². The summed E-state index contributed by atoms with van der Waals surface area (Å²) in [5.74, 6) is -0.0276. The van der Waals surface area contributed by atoms with Crippen molar-refractivity contribution >= 4 is 22.5 Å². The van der Waals surface area contributed by atoms with Gasteiger partial charge in [-0.15, -0.1) is 0 Å². The van der Waals surface area contributed by atoms with Gasteiger partial charge >= 0.3 is 0 Å². The molecule has 5 heteroatoms. The van der Waals surface area contributed by atoms with Crippen molar-refractivity contribution in [3.63, 3.8) is 0 Å². The third-order valence-electron chi connectivity index (χ3n) is 2.37. The first kappa shape index (κ1) is 11.0. The molecule has 0 fully saturated rings. The summed E-state index contributed by atoms with van der Waals surface area (Å²) in [5.41, 5.74) is 0.0394. The maximum Gasteiger partial charge on any atom is 0.262 e.